The molecule has 0 spiro atoms. The van der Waals surface area contributed by atoms with Crippen LogP contribution < -0.4 is 10.1 Å². The molecule has 0 aliphatic carbocycles. The summed E-state index contributed by atoms with van der Waals surface area (Å²) in [5, 5.41) is 2.74. The zero-order chi connectivity index (χ0) is 18.4. The van der Waals surface area contributed by atoms with E-state index in [1.807, 2.05) is 30.3 Å². The summed E-state index contributed by atoms with van der Waals surface area (Å²) >= 11 is 0. The van der Waals surface area contributed by atoms with Crippen LogP contribution in [-0.4, -0.2) is 41.6 Å². The van der Waals surface area contributed by atoms with Crippen LogP contribution in [0.25, 0.3) is 0 Å². The highest BCUT2D eigenvalue weighted by Crippen LogP contribution is 2.24. The van der Waals surface area contributed by atoms with Crippen LogP contribution in [0.4, 0.5) is 10.6 Å². The monoisotopic (exact) mass is 355 g/mol. The van der Waals surface area contributed by atoms with Gasteiger partial charge in [0.2, 0.25) is 5.91 Å². The van der Waals surface area contributed by atoms with Gasteiger partial charge in [-0.2, -0.15) is 0 Å². The number of amides is 2. The van der Waals surface area contributed by atoms with Crippen LogP contribution in [0.2, 0.25) is 0 Å². The van der Waals surface area contributed by atoms with Crippen LogP contribution >= 0.6 is 0 Å². The molecule has 1 aromatic heterocycles. The fourth-order valence-corrected chi connectivity index (χ4v) is 2.91. The number of hydrogen-bond acceptors (Lipinski definition) is 5. The lowest BCUT2D eigenvalue weighted by Crippen LogP contribution is -2.43. The van der Waals surface area contributed by atoms with E-state index in [4.69, 9.17) is 9.47 Å². The fraction of sp³-hybridized carbons (Fsp3) is 0.316. The van der Waals surface area contributed by atoms with E-state index in [1.54, 1.807) is 18.3 Å². The SMILES string of the molecule is COc1cccnc1NC(=O)C1CCCN1C(=O)OCc1ccccc1. The van der Waals surface area contributed by atoms with Crippen molar-refractivity contribution in [3.05, 3.63) is 54.2 Å². The summed E-state index contributed by atoms with van der Waals surface area (Å²) in [6.07, 6.45) is 2.41. The topological polar surface area (TPSA) is 80.8 Å². The third-order valence-electron chi connectivity index (χ3n) is 4.23. The molecule has 3 rings (SSSR count). The van der Waals surface area contributed by atoms with E-state index in [2.05, 4.69) is 10.3 Å². The summed E-state index contributed by atoms with van der Waals surface area (Å²) in [7, 11) is 1.51. The largest absolute Gasteiger partial charge is 0.493 e. The van der Waals surface area contributed by atoms with Gasteiger partial charge in [0.15, 0.2) is 11.6 Å². The van der Waals surface area contributed by atoms with Crippen molar-refractivity contribution >= 4 is 17.8 Å². The van der Waals surface area contributed by atoms with Gasteiger partial charge in [-0.3, -0.25) is 9.69 Å². The number of methoxy groups -OCH3 is 1. The number of carbonyl (C=O) groups excluding carboxylic acids is 2. The predicted octanol–water partition coefficient (Wildman–Crippen LogP) is 2.83. The normalized spacial score (nSPS) is 16.2. The molecule has 1 fully saturated rings. The minimum Gasteiger partial charge on any atom is -0.493 e. The highest BCUT2D eigenvalue weighted by atomic mass is 16.6. The Hall–Kier alpha value is -3.09. The van der Waals surface area contributed by atoms with Crippen molar-refractivity contribution in [2.75, 3.05) is 19.0 Å². The molecule has 7 heteroatoms. The van der Waals surface area contributed by atoms with E-state index < -0.39 is 12.1 Å². The van der Waals surface area contributed by atoms with Crippen LogP contribution in [0.1, 0.15) is 18.4 Å². The molecule has 2 aromatic rings. The van der Waals surface area contributed by atoms with Crippen molar-refractivity contribution in [2.45, 2.75) is 25.5 Å². The Morgan fingerprint density at radius 1 is 1.23 bits per heavy atom. The lowest BCUT2D eigenvalue weighted by Gasteiger charge is -2.23. The third kappa shape index (κ3) is 4.11. The maximum atomic E-state index is 12.6. The van der Waals surface area contributed by atoms with Crippen LogP contribution in [0.3, 0.4) is 0 Å². The van der Waals surface area contributed by atoms with Gasteiger partial charge in [0, 0.05) is 12.7 Å². The van der Waals surface area contributed by atoms with E-state index >= 15 is 0 Å². The van der Waals surface area contributed by atoms with E-state index in [1.165, 1.54) is 12.0 Å². The first kappa shape index (κ1) is 17.7. The predicted molar refractivity (Wildman–Crippen MR) is 95.8 cm³/mol. The second-order valence-corrected chi connectivity index (χ2v) is 5.94. The lowest BCUT2D eigenvalue weighted by molar-refractivity contribution is -0.120. The molecular formula is C19H21N3O4. The Balaban J connectivity index is 1.61. The lowest BCUT2D eigenvalue weighted by atomic mass is 10.2. The van der Waals surface area contributed by atoms with Crippen molar-refractivity contribution < 1.29 is 19.1 Å². The molecule has 2 heterocycles. The first-order valence-corrected chi connectivity index (χ1v) is 8.46. The molecule has 1 aliphatic heterocycles. The minimum atomic E-state index is -0.579. The van der Waals surface area contributed by atoms with E-state index in [0.717, 1.165) is 12.0 Å². The van der Waals surface area contributed by atoms with Gasteiger partial charge in [-0.1, -0.05) is 30.3 Å². The number of nitrogens with one attached hydrogen (secondary N) is 1. The average Bonchev–Trinajstić information content (AvgIpc) is 3.17. The molecule has 136 valence electrons. The van der Waals surface area contributed by atoms with Gasteiger partial charge >= 0.3 is 6.09 Å². The van der Waals surface area contributed by atoms with Crippen molar-refractivity contribution in [3.8, 4) is 5.75 Å². The smallest absolute Gasteiger partial charge is 0.410 e. The maximum Gasteiger partial charge on any atom is 0.410 e. The second kappa shape index (κ2) is 8.33. The number of anilines is 1. The maximum absolute atomic E-state index is 12.6. The van der Waals surface area contributed by atoms with Gasteiger partial charge in [0.25, 0.3) is 0 Å². The summed E-state index contributed by atoms with van der Waals surface area (Å²) in [6, 6.07) is 12.3. The molecular weight excluding hydrogens is 334 g/mol. The van der Waals surface area contributed by atoms with E-state index in [0.29, 0.717) is 24.5 Å². The van der Waals surface area contributed by atoms with Crippen LogP contribution in [0.5, 0.6) is 5.75 Å². The number of benzene rings is 1. The van der Waals surface area contributed by atoms with Gasteiger partial charge in [-0.15, -0.1) is 0 Å². The molecule has 1 N–H and O–H groups in total. The van der Waals surface area contributed by atoms with E-state index in [9.17, 15) is 9.59 Å². The van der Waals surface area contributed by atoms with Gasteiger partial charge in [-0.25, -0.2) is 9.78 Å². The quantitative estimate of drug-likeness (QED) is 0.892. The van der Waals surface area contributed by atoms with E-state index in [-0.39, 0.29) is 12.5 Å². The number of carbonyl (C=O) groups is 2. The standard InChI is InChI=1S/C19H21N3O4/c1-25-16-10-5-11-20-17(16)21-18(23)15-9-6-12-22(15)19(24)26-13-14-7-3-2-4-8-14/h2-5,7-8,10-11,15H,6,9,12-13H2,1H3,(H,20,21,23). The summed E-state index contributed by atoms with van der Waals surface area (Å²) in [5.74, 6) is 0.512. The number of pyridine rings is 1. The number of aromatic nitrogens is 1. The zero-order valence-corrected chi connectivity index (χ0v) is 14.6. The molecule has 1 unspecified atom stereocenters. The number of rotatable bonds is 5. The van der Waals surface area contributed by atoms with Crippen molar-refractivity contribution in [1.82, 2.24) is 9.88 Å². The first-order chi connectivity index (χ1) is 12.7. The molecule has 1 atom stereocenters. The summed E-state index contributed by atoms with van der Waals surface area (Å²) in [5.41, 5.74) is 0.902. The summed E-state index contributed by atoms with van der Waals surface area (Å²) < 4.78 is 10.5. The third-order valence-corrected chi connectivity index (χ3v) is 4.23. The molecule has 1 saturated heterocycles. The van der Waals surface area contributed by atoms with Crippen LogP contribution in [0, 0.1) is 0 Å². The molecule has 26 heavy (non-hydrogen) atoms. The number of ether oxygens (including phenoxy) is 2. The first-order valence-electron chi connectivity index (χ1n) is 8.46. The molecule has 1 aliphatic rings. The van der Waals surface area contributed by atoms with Gasteiger partial charge in [0.05, 0.1) is 7.11 Å². The van der Waals surface area contributed by atoms with Gasteiger partial charge < -0.3 is 14.8 Å². The summed E-state index contributed by atoms with van der Waals surface area (Å²) in [6.45, 7) is 0.670. The highest BCUT2D eigenvalue weighted by molar-refractivity contribution is 5.97. The van der Waals surface area contributed by atoms with Crippen molar-refractivity contribution in [2.24, 2.45) is 0 Å². The Kier molecular flexibility index (Phi) is 5.68. The Labute approximate surface area is 151 Å². The molecule has 7 nitrogen and oxygen atoms in total. The van der Waals surface area contributed by atoms with Crippen LogP contribution in [-0.2, 0) is 16.1 Å². The highest BCUT2D eigenvalue weighted by Gasteiger charge is 2.35. The molecule has 0 saturated carbocycles. The second-order valence-electron chi connectivity index (χ2n) is 5.94. The fourth-order valence-electron chi connectivity index (χ4n) is 2.91. The minimum absolute atomic E-state index is 0.179. The molecule has 0 bridgehead atoms. The summed E-state index contributed by atoms with van der Waals surface area (Å²) in [4.78, 5) is 30.6. The average molecular weight is 355 g/mol. The zero-order valence-electron chi connectivity index (χ0n) is 14.6. The van der Waals surface area contributed by atoms with Gasteiger partial charge in [0.1, 0.15) is 12.6 Å². The molecule has 2 amide bonds. The molecule has 0 radical (unpaired) electrons. The Morgan fingerprint density at radius 3 is 2.81 bits per heavy atom. The number of hydrogen-bond donors (Lipinski definition) is 1. The number of nitrogens with zero attached hydrogens (tertiary/aromatic N) is 2. The number of likely N-dealkylation sites (tertiary alicyclic amines) is 1. The van der Waals surface area contributed by atoms with Gasteiger partial charge in [-0.05, 0) is 30.5 Å². The van der Waals surface area contributed by atoms with Crippen molar-refractivity contribution in [3.63, 3.8) is 0 Å². The molecule has 1 aromatic carbocycles. The van der Waals surface area contributed by atoms with Crippen molar-refractivity contribution in [1.29, 1.82) is 0 Å². The van der Waals surface area contributed by atoms with Crippen LogP contribution in [0.15, 0.2) is 48.7 Å². The Morgan fingerprint density at radius 2 is 2.04 bits per heavy atom. The Bertz CT molecular complexity index is 766.